The van der Waals surface area contributed by atoms with Gasteiger partial charge in [0.2, 0.25) is 0 Å². The molecule has 1 N–H and O–H groups in total. The molecule has 0 radical (unpaired) electrons. The molecular formula is C15H18BrNO3S. The van der Waals surface area contributed by atoms with Crippen LogP contribution in [-0.2, 0) is 13.1 Å². The Bertz CT molecular complexity index is 601. The van der Waals surface area contributed by atoms with E-state index in [1.54, 1.807) is 32.7 Å². The molecule has 6 heteroatoms. The summed E-state index contributed by atoms with van der Waals surface area (Å²) in [6.45, 7) is 1.49. The minimum absolute atomic E-state index is 0.666. The van der Waals surface area contributed by atoms with E-state index in [4.69, 9.17) is 14.2 Å². The summed E-state index contributed by atoms with van der Waals surface area (Å²) in [6, 6.07) is 5.84. The maximum absolute atomic E-state index is 5.42. The molecule has 0 saturated heterocycles. The zero-order chi connectivity index (χ0) is 15.2. The van der Waals surface area contributed by atoms with E-state index in [9.17, 15) is 0 Å². The molecule has 0 aliphatic heterocycles. The third-order valence-corrected chi connectivity index (χ3v) is 5.00. The average molecular weight is 372 g/mol. The summed E-state index contributed by atoms with van der Waals surface area (Å²) < 4.78 is 17.2. The summed E-state index contributed by atoms with van der Waals surface area (Å²) in [7, 11) is 4.90. The fourth-order valence-electron chi connectivity index (χ4n) is 1.99. The lowest BCUT2D eigenvalue weighted by Crippen LogP contribution is -2.13. The van der Waals surface area contributed by atoms with Gasteiger partial charge in [-0.1, -0.05) is 0 Å². The summed E-state index contributed by atoms with van der Waals surface area (Å²) in [5.41, 5.74) is 1.03. The zero-order valence-electron chi connectivity index (χ0n) is 12.2. The Morgan fingerprint density at radius 1 is 1.00 bits per heavy atom. The highest BCUT2D eigenvalue weighted by atomic mass is 79.9. The van der Waals surface area contributed by atoms with Crippen LogP contribution in [0.2, 0.25) is 0 Å². The first-order chi connectivity index (χ1) is 10.2. The van der Waals surface area contributed by atoms with Crippen molar-refractivity contribution in [2.24, 2.45) is 0 Å². The van der Waals surface area contributed by atoms with Crippen molar-refractivity contribution in [1.82, 2.24) is 5.32 Å². The van der Waals surface area contributed by atoms with E-state index < -0.39 is 0 Å². The summed E-state index contributed by atoms with van der Waals surface area (Å²) in [5, 5.41) is 5.48. The number of hydrogen-bond acceptors (Lipinski definition) is 5. The Kier molecular flexibility index (Phi) is 5.90. The third kappa shape index (κ3) is 3.90. The molecule has 0 fully saturated rings. The van der Waals surface area contributed by atoms with Crippen LogP contribution in [0.1, 0.15) is 10.4 Å². The SMILES string of the molecule is COc1cc(OC)c(OC)cc1CNCc1sccc1Br. The quantitative estimate of drug-likeness (QED) is 0.802. The Morgan fingerprint density at radius 2 is 1.67 bits per heavy atom. The highest BCUT2D eigenvalue weighted by Crippen LogP contribution is 2.34. The molecule has 0 aliphatic carbocycles. The molecule has 1 aromatic carbocycles. The summed E-state index contributed by atoms with van der Waals surface area (Å²) in [4.78, 5) is 1.27. The van der Waals surface area contributed by atoms with Crippen LogP contribution < -0.4 is 19.5 Å². The lowest BCUT2D eigenvalue weighted by Gasteiger charge is -2.14. The molecule has 0 bridgehead atoms. The van der Waals surface area contributed by atoms with Gasteiger partial charge in [0.15, 0.2) is 11.5 Å². The van der Waals surface area contributed by atoms with Gasteiger partial charge < -0.3 is 19.5 Å². The van der Waals surface area contributed by atoms with Gasteiger partial charge >= 0.3 is 0 Å². The van der Waals surface area contributed by atoms with Gasteiger partial charge in [-0.15, -0.1) is 11.3 Å². The second kappa shape index (κ2) is 7.68. The Labute approximate surface area is 137 Å². The Balaban J connectivity index is 2.09. The molecule has 1 heterocycles. The molecular weight excluding hydrogens is 354 g/mol. The van der Waals surface area contributed by atoms with Crippen molar-refractivity contribution in [3.05, 3.63) is 38.5 Å². The highest BCUT2D eigenvalue weighted by Gasteiger charge is 2.11. The maximum Gasteiger partial charge on any atom is 0.164 e. The zero-order valence-corrected chi connectivity index (χ0v) is 14.6. The molecule has 114 valence electrons. The van der Waals surface area contributed by atoms with Crippen LogP contribution in [0.25, 0.3) is 0 Å². The predicted octanol–water partition coefficient (Wildman–Crippen LogP) is 3.83. The molecule has 1 aromatic heterocycles. The van der Waals surface area contributed by atoms with E-state index in [2.05, 4.69) is 32.7 Å². The van der Waals surface area contributed by atoms with Gasteiger partial charge in [0, 0.05) is 34.1 Å². The Morgan fingerprint density at radius 3 is 2.24 bits per heavy atom. The molecule has 4 nitrogen and oxygen atoms in total. The molecule has 0 aliphatic rings. The van der Waals surface area contributed by atoms with Crippen molar-refractivity contribution in [2.75, 3.05) is 21.3 Å². The predicted molar refractivity (Wildman–Crippen MR) is 88.7 cm³/mol. The summed E-state index contributed by atoms with van der Waals surface area (Å²) >= 11 is 5.25. The molecule has 21 heavy (non-hydrogen) atoms. The van der Waals surface area contributed by atoms with Crippen LogP contribution in [0.15, 0.2) is 28.1 Å². The normalized spacial score (nSPS) is 10.5. The van der Waals surface area contributed by atoms with Crippen molar-refractivity contribution >= 4 is 27.3 Å². The first-order valence-corrected chi connectivity index (χ1v) is 8.08. The van der Waals surface area contributed by atoms with Gasteiger partial charge in [0.05, 0.1) is 21.3 Å². The van der Waals surface area contributed by atoms with E-state index in [0.29, 0.717) is 18.0 Å². The molecule has 0 unspecified atom stereocenters. The van der Waals surface area contributed by atoms with E-state index >= 15 is 0 Å². The molecule has 2 rings (SSSR count). The van der Waals surface area contributed by atoms with Crippen LogP contribution in [0, 0.1) is 0 Å². The van der Waals surface area contributed by atoms with E-state index in [0.717, 1.165) is 22.3 Å². The van der Waals surface area contributed by atoms with Crippen molar-refractivity contribution in [3.8, 4) is 17.2 Å². The largest absolute Gasteiger partial charge is 0.496 e. The number of thiophene rings is 1. The van der Waals surface area contributed by atoms with Crippen LogP contribution in [0.3, 0.4) is 0 Å². The van der Waals surface area contributed by atoms with Crippen molar-refractivity contribution < 1.29 is 14.2 Å². The third-order valence-electron chi connectivity index (χ3n) is 3.08. The minimum Gasteiger partial charge on any atom is -0.496 e. The minimum atomic E-state index is 0.666. The van der Waals surface area contributed by atoms with Crippen molar-refractivity contribution in [1.29, 1.82) is 0 Å². The van der Waals surface area contributed by atoms with Gasteiger partial charge in [-0.3, -0.25) is 0 Å². The van der Waals surface area contributed by atoms with Gasteiger partial charge in [0.25, 0.3) is 0 Å². The lowest BCUT2D eigenvalue weighted by atomic mass is 10.1. The number of hydrogen-bond donors (Lipinski definition) is 1. The number of ether oxygens (including phenoxy) is 3. The van der Waals surface area contributed by atoms with Gasteiger partial charge in [-0.2, -0.15) is 0 Å². The van der Waals surface area contributed by atoms with Gasteiger partial charge in [-0.25, -0.2) is 0 Å². The topological polar surface area (TPSA) is 39.7 Å². The number of nitrogens with one attached hydrogen (secondary N) is 1. The fourth-order valence-corrected chi connectivity index (χ4v) is 3.45. The van der Waals surface area contributed by atoms with Crippen LogP contribution in [0.5, 0.6) is 17.2 Å². The van der Waals surface area contributed by atoms with E-state index in [-0.39, 0.29) is 0 Å². The monoisotopic (exact) mass is 371 g/mol. The van der Waals surface area contributed by atoms with E-state index in [1.807, 2.05) is 12.1 Å². The first-order valence-electron chi connectivity index (χ1n) is 6.41. The molecule has 0 saturated carbocycles. The second-order valence-electron chi connectivity index (χ2n) is 4.31. The molecule has 0 spiro atoms. The summed E-state index contributed by atoms with van der Waals surface area (Å²) in [5.74, 6) is 2.15. The summed E-state index contributed by atoms with van der Waals surface area (Å²) in [6.07, 6.45) is 0. The smallest absolute Gasteiger partial charge is 0.164 e. The van der Waals surface area contributed by atoms with Crippen molar-refractivity contribution in [3.63, 3.8) is 0 Å². The maximum atomic E-state index is 5.42. The molecule has 0 amide bonds. The van der Waals surface area contributed by atoms with Gasteiger partial charge in [0.1, 0.15) is 5.75 Å². The van der Waals surface area contributed by atoms with Crippen LogP contribution >= 0.6 is 27.3 Å². The molecule has 2 aromatic rings. The standard InChI is InChI=1S/C15H18BrNO3S/c1-18-12-7-14(20-3)13(19-2)6-10(12)8-17-9-15-11(16)4-5-21-15/h4-7,17H,8-9H2,1-3H3. The van der Waals surface area contributed by atoms with E-state index in [1.165, 1.54) is 4.88 Å². The Hall–Kier alpha value is -1.24. The second-order valence-corrected chi connectivity index (χ2v) is 6.17. The highest BCUT2D eigenvalue weighted by molar-refractivity contribution is 9.10. The fraction of sp³-hybridized carbons (Fsp3) is 0.333. The lowest BCUT2D eigenvalue weighted by molar-refractivity contribution is 0.347. The van der Waals surface area contributed by atoms with Crippen molar-refractivity contribution in [2.45, 2.75) is 13.1 Å². The molecule has 0 atom stereocenters. The van der Waals surface area contributed by atoms with Crippen LogP contribution in [-0.4, -0.2) is 21.3 Å². The first kappa shape index (κ1) is 16.1. The average Bonchev–Trinajstić information content (AvgIpc) is 2.92. The number of methoxy groups -OCH3 is 3. The number of rotatable bonds is 7. The van der Waals surface area contributed by atoms with Gasteiger partial charge in [-0.05, 0) is 33.4 Å². The number of halogens is 1. The van der Waals surface area contributed by atoms with Crippen LogP contribution in [0.4, 0.5) is 0 Å². The number of benzene rings is 1.